The molecule has 1 aromatic carbocycles. The largest absolute Gasteiger partial charge is 0.466 e. The SMILES string of the molecule is CCOC(=O)CCNC(=O)C(c1cccc(C)c1C)N(C(=O)C(NC(=O)OC(C)(C)C)C(C)C)C(C)C. The van der Waals surface area contributed by atoms with Gasteiger partial charge in [-0.15, -0.1) is 0 Å². The lowest BCUT2D eigenvalue weighted by Crippen LogP contribution is -2.56. The third-order valence-corrected chi connectivity index (χ3v) is 5.82. The number of nitrogens with one attached hydrogen (secondary N) is 2. The molecule has 0 bridgehead atoms. The fraction of sp³-hybridized carbons (Fsp3) is 0.643. The van der Waals surface area contributed by atoms with E-state index in [0.29, 0.717) is 5.56 Å². The first-order valence-electron chi connectivity index (χ1n) is 12.9. The van der Waals surface area contributed by atoms with Crippen molar-refractivity contribution in [2.75, 3.05) is 13.2 Å². The second-order valence-corrected chi connectivity index (χ2v) is 10.7. The van der Waals surface area contributed by atoms with Gasteiger partial charge >= 0.3 is 12.1 Å². The van der Waals surface area contributed by atoms with Gasteiger partial charge in [-0.2, -0.15) is 0 Å². The van der Waals surface area contributed by atoms with Crippen molar-refractivity contribution in [2.24, 2.45) is 5.92 Å². The quantitative estimate of drug-likeness (QED) is 0.424. The second kappa shape index (κ2) is 14.0. The Balaban J connectivity index is 3.44. The van der Waals surface area contributed by atoms with Crippen molar-refractivity contribution >= 4 is 23.9 Å². The zero-order valence-electron chi connectivity index (χ0n) is 24.1. The number of esters is 1. The van der Waals surface area contributed by atoms with Crippen LogP contribution < -0.4 is 10.6 Å². The minimum atomic E-state index is -0.976. The summed E-state index contributed by atoms with van der Waals surface area (Å²) in [4.78, 5) is 53.5. The molecule has 0 aromatic heterocycles. The summed E-state index contributed by atoms with van der Waals surface area (Å²) < 4.78 is 10.3. The zero-order chi connectivity index (χ0) is 28.5. The summed E-state index contributed by atoms with van der Waals surface area (Å²) in [5.41, 5.74) is 1.81. The summed E-state index contributed by atoms with van der Waals surface area (Å²) in [6.45, 7) is 18.4. The van der Waals surface area contributed by atoms with Gasteiger partial charge in [-0.25, -0.2) is 4.79 Å². The van der Waals surface area contributed by atoms with Crippen molar-refractivity contribution in [3.8, 4) is 0 Å². The number of aryl methyl sites for hydroxylation is 1. The van der Waals surface area contributed by atoms with E-state index in [1.165, 1.54) is 4.90 Å². The molecule has 0 radical (unpaired) electrons. The Morgan fingerprint density at radius 2 is 1.65 bits per heavy atom. The molecule has 9 heteroatoms. The molecule has 1 aromatic rings. The number of alkyl carbamates (subject to hydrolysis) is 1. The van der Waals surface area contributed by atoms with Gasteiger partial charge in [-0.1, -0.05) is 32.0 Å². The first kappa shape index (κ1) is 31.9. The van der Waals surface area contributed by atoms with Crippen LogP contribution in [-0.2, 0) is 23.9 Å². The Morgan fingerprint density at radius 3 is 2.16 bits per heavy atom. The van der Waals surface area contributed by atoms with E-state index in [-0.39, 0.29) is 31.5 Å². The predicted octanol–water partition coefficient (Wildman–Crippen LogP) is 4.20. The van der Waals surface area contributed by atoms with Crippen LogP contribution in [0.3, 0.4) is 0 Å². The van der Waals surface area contributed by atoms with Crippen molar-refractivity contribution in [3.63, 3.8) is 0 Å². The van der Waals surface area contributed by atoms with Gasteiger partial charge in [0.05, 0.1) is 13.0 Å². The van der Waals surface area contributed by atoms with E-state index in [0.717, 1.165) is 11.1 Å². The third-order valence-electron chi connectivity index (χ3n) is 5.82. The molecule has 0 aliphatic heterocycles. The molecule has 2 atom stereocenters. The highest BCUT2D eigenvalue weighted by atomic mass is 16.6. The van der Waals surface area contributed by atoms with Gasteiger partial charge < -0.3 is 25.0 Å². The van der Waals surface area contributed by atoms with E-state index >= 15 is 0 Å². The van der Waals surface area contributed by atoms with Crippen molar-refractivity contribution in [2.45, 2.75) is 99.4 Å². The highest BCUT2D eigenvalue weighted by Crippen LogP contribution is 2.29. The first-order chi connectivity index (χ1) is 17.1. The highest BCUT2D eigenvalue weighted by molar-refractivity contribution is 5.93. The number of rotatable bonds is 11. The maximum Gasteiger partial charge on any atom is 0.408 e. The summed E-state index contributed by atoms with van der Waals surface area (Å²) in [6.07, 6.45) is -0.686. The Bertz CT molecular complexity index is 952. The molecule has 0 fully saturated rings. The monoisotopic (exact) mass is 519 g/mol. The van der Waals surface area contributed by atoms with Gasteiger partial charge in [0.15, 0.2) is 0 Å². The molecule has 0 spiro atoms. The molecule has 0 saturated heterocycles. The van der Waals surface area contributed by atoms with E-state index in [4.69, 9.17) is 9.47 Å². The van der Waals surface area contributed by atoms with E-state index in [1.807, 2.05) is 59.7 Å². The van der Waals surface area contributed by atoms with E-state index < -0.39 is 41.6 Å². The third kappa shape index (κ3) is 9.70. The topological polar surface area (TPSA) is 114 Å². The van der Waals surface area contributed by atoms with Gasteiger partial charge in [0.1, 0.15) is 17.7 Å². The van der Waals surface area contributed by atoms with E-state index in [2.05, 4.69) is 10.6 Å². The lowest BCUT2D eigenvalue weighted by Gasteiger charge is -2.38. The fourth-order valence-electron chi connectivity index (χ4n) is 3.89. The zero-order valence-corrected chi connectivity index (χ0v) is 24.1. The standard InChI is InChI=1S/C28H45N3O6/c1-11-36-22(32)15-16-29-25(33)24(21-14-12-13-19(6)20(21)7)31(18(4)5)26(34)23(17(2)3)30-27(35)37-28(8,9)10/h12-14,17-18,23-24H,11,15-16H2,1-10H3,(H,29,33)(H,30,35). The first-order valence-corrected chi connectivity index (χ1v) is 12.9. The summed E-state index contributed by atoms with van der Waals surface area (Å²) >= 11 is 0. The molecular formula is C28H45N3O6. The summed E-state index contributed by atoms with van der Waals surface area (Å²) in [5.74, 6) is -1.50. The number of carbonyl (C=O) groups is 4. The van der Waals surface area contributed by atoms with Crippen LogP contribution in [0.4, 0.5) is 4.79 Å². The molecule has 0 heterocycles. The number of benzene rings is 1. The molecule has 208 valence electrons. The van der Waals surface area contributed by atoms with Crippen molar-refractivity contribution < 1.29 is 28.7 Å². The normalized spacial score (nSPS) is 13.1. The molecule has 0 saturated carbocycles. The summed E-state index contributed by atoms with van der Waals surface area (Å²) in [5, 5.41) is 5.51. The number of hydrogen-bond acceptors (Lipinski definition) is 6. The lowest BCUT2D eigenvalue weighted by molar-refractivity contribution is -0.146. The Hall–Kier alpha value is -3.10. The fourth-order valence-corrected chi connectivity index (χ4v) is 3.89. The van der Waals surface area contributed by atoms with Gasteiger partial charge in [-0.05, 0) is 78.0 Å². The number of nitrogens with zero attached hydrogens (tertiary/aromatic N) is 1. The van der Waals surface area contributed by atoms with Gasteiger partial charge in [-0.3, -0.25) is 14.4 Å². The molecule has 2 N–H and O–H groups in total. The van der Waals surface area contributed by atoms with E-state index in [1.54, 1.807) is 27.7 Å². The lowest BCUT2D eigenvalue weighted by atomic mass is 9.93. The molecule has 0 aliphatic carbocycles. The maximum atomic E-state index is 14.0. The molecule has 37 heavy (non-hydrogen) atoms. The van der Waals surface area contributed by atoms with Crippen LogP contribution in [-0.4, -0.2) is 59.6 Å². The maximum absolute atomic E-state index is 14.0. The number of ether oxygens (including phenoxy) is 2. The van der Waals surface area contributed by atoms with Gasteiger partial charge in [0, 0.05) is 12.6 Å². The number of hydrogen-bond donors (Lipinski definition) is 2. The molecule has 2 unspecified atom stereocenters. The Kier molecular flexibility index (Phi) is 12.1. The van der Waals surface area contributed by atoms with Crippen LogP contribution in [0.25, 0.3) is 0 Å². The minimum absolute atomic E-state index is 0.0174. The predicted molar refractivity (Wildman–Crippen MR) is 143 cm³/mol. The molecular weight excluding hydrogens is 474 g/mol. The van der Waals surface area contributed by atoms with Gasteiger partial charge in [0.25, 0.3) is 0 Å². The summed E-state index contributed by atoms with van der Waals surface area (Å²) in [6, 6.07) is 3.34. The van der Waals surface area contributed by atoms with Crippen molar-refractivity contribution in [1.82, 2.24) is 15.5 Å². The second-order valence-electron chi connectivity index (χ2n) is 10.7. The number of carbonyl (C=O) groups excluding carboxylic acids is 4. The van der Waals surface area contributed by atoms with E-state index in [9.17, 15) is 19.2 Å². The van der Waals surface area contributed by atoms with Crippen molar-refractivity contribution in [1.29, 1.82) is 0 Å². The van der Waals surface area contributed by atoms with Gasteiger partial charge in [0.2, 0.25) is 11.8 Å². The minimum Gasteiger partial charge on any atom is -0.466 e. The van der Waals surface area contributed by atoms with Crippen LogP contribution in [0.2, 0.25) is 0 Å². The Morgan fingerprint density at radius 1 is 1.03 bits per heavy atom. The molecule has 0 aliphatic rings. The van der Waals surface area contributed by atoms with Crippen LogP contribution in [0.5, 0.6) is 0 Å². The smallest absolute Gasteiger partial charge is 0.408 e. The molecule has 3 amide bonds. The van der Waals surface area contributed by atoms with Crippen LogP contribution in [0.1, 0.15) is 84.5 Å². The average molecular weight is 520 g/mol. The van der Waals surface area contributed by atoms with Crippen LogP contribution in [0, 0.1) is 19.8 Å². The molecule has 9 nitrogen and oxygen atoms in total. The highest BCUT2D eigenvalue weighted by Gasteiger charge is 2.39. The van der Waals surface area contributed by atoms with Crippen LogP contribution >= 0.6 is 0 Å². The van der Waals surface area contributed by atoms with Crippen LogP contribution in [0.15, 0.2) is 18.2 Å². The summed E-state index contributed by atoms with van der Waals surface area (Å²) in [7, 11) is 0. The average Bonchev–Trinajstić information content (AvgIpc) is 2.76. The number of amides is 3. The van der Waals surface area contributed by atoms with Crippen molar-refractivity contribution in [3.05, 3.63) is 34.9 Å². The Labute approximate surface area is 221 Å². The molecule has 1 rings (SSSR count).